The summed E-state index contributed by atoms with van der Waals surface area (Å²) in [6.07, 6.45) is 1.14. The molecule has 0 spiro atoms. The van der Waals surface area contributed by atoms with E-state index in [0.29, 0.717) is 0 Å². The van der Waals surface area contributed by atoms with E-state index < -0.39 is 11.5 Å². The van der Waals surface area contributed by atoms with Crippen LogP contribution in [0, 0.1) is 0 Å². The second-order valence-corrected chi connectivity index (χ2v) is 5.01. The van der Waals surface area contributed by atoms with Crippen LogP contribution in [0.1, 0.15) is 10.4 Å². The van der Waals surface area contributed by atoms with E-state index in [1.807, 2.05) is 0 Å². The number of rotatable bonds is 5. The Bertz CT molecular complexity index is 759. The van der Waals surface area contributed by atoms with Gasteiger partial charge in [-0.15, -0.1) is 0 Å². The van der Waals surface area contributed by atoms with Gasteiger partial charge in [0, 0.05) is 12.3 Å². The number of amides is 1. The number of thioether (sulfide) groups is 1. The number of carbonyl (C=O) groups is 2. The number of nitrogen functional groups attached to an aromatic ring is 1. The molecule has 0 aliphatic rings. The molecule has 0 fully saturated rings. The van der Waals surface area contributed by atoms with E-state index in [4.69, 9.17) is 10.8 Å². The summed E-state index contributed by atoms with van der Waals surface area (Å²) in [5.74, 6) is -1.21. The van der Waals surface area contributed by atoms with Crippen molar-refractivity contribution >= 4 is 35.3 Å². The van der Waals surface area contributed by atoms with Gasteiger partial charge >= 0.3 is 5.97 Å². The molecule has 0 atom stereocenters. The van der Waals surface area contributed by atoms with Crippen LogP contribution >= 0.6 is 11.8 Å². The minimum atomic E-state index is -1.10. The van der Waals surface area contributed by atoms with E-state index >= 15 is 0 Å². The van der Waals surface area contributed by atoms with Crippen molar-refractivity contribution in [2.45, 2.75) is 5.16 Å². The van der Waals surface area contributed by atoms with Crippen molar-refractivity contribution in [2.24, 2.45) is 0 Å². The van der Waals surface area contributed by atoms with Crippen molar-refractivity contribution in [1.29, 1.82) is 0 Å². The fourth-order valence-corrected chi connectivity index (χ4v) is 2.11. The number of aromatic carboxylic acids is 1. The first-order valence-electron chi connectivity index (χ1n) is 5.93. The Balaban J connectivity index is 1.92. The van der Waals surface area contributed by atoms with Crippen molar-refractivity contribution in [3.8, 4) is 0 Å². The Morgan fingerprint density at radius 1 is 1.41 bits per heavy atom. The third kappa shape index (κ3) is 4.31. The molecule has 0 unspecified atom stereocenters. The van der Waals surface area contributed by atoms with Gasteiger partial charge in [0.25, 0.3) is 5.56 Å². The Morgan fingerprint density at radius 3 is 2.77 bits per heavy atom. The fourth-order valence-electron chi connectivity index (χ4n) is 1.43. The second-order valence-electron chi connectivity index (χ2n) is 4.05. The third-order valence-electron chi connectivity index (χ3n) is 2.36. The highest BCUT2D eigenvalue weighted by molar-refractivity contribution is 7.99. The summed E-state index contributed by atoms with van der Waals surface area (Å²) in [4.78, 5) is 43.7. The number of H-pyrrole nitrogens is 1. The SMILES string of the molecule is Nc1cc(=O)[nH]c(SCC(=O)Nc2ccc(C(=O)O)cn2)n1. The van der Waals surface area contributed by atoms with Crippen LogP contribution in [0.3, 0.4) is 0 Å². The van der Waals surface area contributed by atoms with Crippen LogP contribution < -0.4 is 16.6 Å². The minimum absolute atomic E-state index is 0.0191. The molecule has 9 nitrogen and oxygen atoms in total. The van der Waals surface area contributed by atoms with Crippen molar-refractivity contribution < 1.29 is 14.7 Å². The molecule has 0 aliphatic carbocycles. The van der Waals surface area contributed by atoms with Gasteiger partial charge in [-0.25, -0.2) is 14.8 Å². The minimum Gasteiger partial charge on any atom is -0.478 e. The zero-order valence-corrected chi connectivity index (χ0v) is 11.9. The lowest BCUT2D eigenvalue weighted by molar-refractivity contribution is -0.113. The highest BCUT2D eigenvalue weighted by Crippen LogP contribution is 2.12. The molecule has 1 amide bonds. The molecule has 2 aromatic heterocycles. The van der Waals surface area contributed by atoms with Crippen molar-refractivity contribution in [3.05, 3.63) is 40.3 Å². The quantitative estimate of drug-likeness (QED) is 0.449. The molecule has 0 bridgehead atoms. The monoisotopic (exact) mass is 321 g/mol. The molecule has 0 radical (unpaired) electrons. The molecule has 2 rings (SSSR count). The largest absolute Gasteiger partial charge is 0.478 e. The van der Waals surface area contributed by atoms with Gasteiger partial charge in [0.2, 0.25) is 5.91 Å². The zero-order valence-electron chi connectivity index (χ0n) is 11.1. The van der Waals surface area contributed by atoms with Crippen LogP contribution in [-0.2, 0) is 4.79 Å². The number of pyridine rings is 1. The number of carboxylic acid groups (broad SMARTS) is 1. The van der Waals surface area contributed by atoms with E-state index in [1.165, 1.54) is 12.1 Å². The second kappa shape index (κ2) is 6.72. The van der Waals surface area contributed by atoms with Crippen molar-refractivity contribution in [2.75, 3.05) is 16.8 Å². The molecular formula is C12H11N5O4S. The number of nitrogens with zero attached hydrogens (tertiary/aromatic N) is 2. The average Bonchev–Trinajstić information content (AvgIpc) is 2.45. The maximum Gasteiger partial charge on any atom is 0.337 e. The number of carbonyl (C=O) groups excluding carboxylic acids is 1. The number of nitrogens with one attached hydrogen (secondary N) is 2. The first-order chi connectivity index (χ1) is 10.4. The number of hydrogen-bond acceptors (Lipinski definition) is 7. The number of carboxylic acids is 1. The number of aromatic nitrogens is 3. The maximum atomic E-state index is 11.7. The smallest absolute Gasteiger partial charge is 0.337 e. The van der Waals surface area contributed by atoms with E-state index in [9.17, 15) is 14.4 Å². The zero-order chi connectivity index (χ0) is 16.1. The number of anilines is 2. The lowest BCUT2D eigenvalue weighted by Crippen LogP contribution is -2.16. The molecule has 114 valence electrons. The predicted molar refractivity (Wildman–Crippen MR) is 79.8 cm³/mol. The summed E-state index contributed by atoms with van der Waals surface area (Å²) < 4.78 is 0. The van der Waals surface area contributed by atoms with E-state index in [1.54, 1.807) is 0 Å². The van der Waals surface area contributed by atoms with Gasteiger partial charge in [-0.2, -0.15) is 0 Å². The van der Waals surface area contributed by atoms with Crippen LogP contribution in [0.4, 0.5) is 11.6 Å². The Morgan fingerprint density at radius 2 is 2.18 bits per heavy atom. The van der Waals surface area contributed by atoms with Gasteiger partial charge in [-0.05, 0) is 12.1 Å². The van der Waals surface area contributed by atoms with E-state index in [-0.39, 0.29) is 34.0 Å². The van der Waals surface area contributed by atoms with Gasteiger partial charge in [-0.3, -0.25) is 9.59 Å². The summed E-state index contributed by atoms with van der Waals surface area (Å²) in [7, 11) is 0. The van der Waals surface area contributed by atoms with Gasteiger partial charge < -0.3 is 21.1 Å². The van der Waals surface area contributed by atoms with Gasteiger partial charge in [0.05, 0.1) is 11.3 Å². The molecule has 2 aromatic rings. The lowest BCUT2D eigenvalue weighted by Gasteiger charge is -2.04. The molecule has 2 heterocycles. The summed E-state index contributed by atoms with van der Waals surface area (Å²) in [5, 5.41) is 11.5. The van der Waals surface area contributed by atoms with Crippen LogP contribution in [0.2, 0.25) is 0 Å². The molecule has 0 saturated carbocycles. The molecule has 10 heteroatoms. The molecule has 0 aromatic carbocycles. The van der Waals surface area contributed by atoms with Gasteiger partial charge in [0.15, 0.2) is 5.16 Å². The first kappa shape index (κ1) is 15.5. The summed E-state index contributed by atoms with van der Waals surface area (Å²) in [5.41, 5.74) is 5.05. The third-order valence-corrected chi connectivity index (χ3v) is 3.23. The first-order valence-corrected chi connectivity index (χ1v) is 6.91. The molecular weight excluding hydrogens is 310 g/mol. The fraction of sp³-hybridized carbons (Fsp3) is 0.0833. The van der Waals surface area contributed by atoms with Crippen LogP contribution in [0.15, 0.2) is 34.3 Å². The number of hydrogen-bond donors (Lipinski definition) is 4. The number of aromatic amines is 1. The Kier molecular flexibility index (Phi) is 4.73. The van der Waals surface area contributed by atoms with Gasteiger partial charge in [-0.1, -0.05) is 11.8 Å². The molecule has 5 N–H and O–H groups in total. The maximum absolute atomic E-state index is 11.7. The van der Waals surface area contributed by atoms with Crippen molar-refractivity contribution in [1.82, 2.24) is 15.0 Å². The lowest BCUT2D eigenvalue weighted by atomic mass is 10.3. The van der Waals surface area contributed by atoms with Crippen molar-refractivity contribution in [3.63, 3.8) is 0 Å². The van der Waals surface area contributed by atoms with Crippen LogP contribution in [0.25, 0.3) is 0 Å². The highest BCUT2D eigenvalue weighted by Gasteiger charge is 2.08. The Hall–Kier alpha value is -2.88. The molecule has 22 heavy (non-hydrogen) atoms. The van der Waals surface area contributed by atoms with Crippen LogP contribution in [0.5, 0.6) is 0 Å². The standard InChI is InChI=1S/C12H11N5O4S/c13-7-3-9(18)17-12(15-7)22-5-10(19)16-8-2-1-6(4-14-8)11(20)21/h1-4H,5H2,(H,20,21)(H,14,16,19)(H3,13,15,17,18). The average molecular weight is 321 g/mol. The van der Waals surface area contributed by atoms with E-state index in [0.717, 1.165) is 24.0 Å². The normalized spacial score (nSPS) is 10.2. The van der Waals surface area contributed by atoms with Crippen LogP contribution in [-0.4, -0.2) is 37.7 Å². The highest BCUT2D eigenvalue weighted by atomic mass is 32.2. The Labute approximate surface area is 128 Å². The summed E-state index contributed by atoms with van der Waals surface area (Å²) >= 11 is 1.00. The summed E-state index contributed by atoms with van der Waals surface area (Å²) in [6, 6.07) is 3.85. The predicted octanol–water partition coefficient (Wildman–Crippen LogP) is 0.176. The van der Waals surface area contributed by atoms with Gasteiger partial charge in [0.1, 0.15) is 11.6 Å². The van der Waals surface area contributed by atoms with E-state index in [2.05, 4.69) is 20.3 Å². The summed E-state index contributed by atoms with van der Waals surface area (Å²) in [6.45, 7) is 0. The molecule has 0 saturated heterocycles. The number of nitrogens with two attached hydrogens (primary N) is 1. The topological polar surface area (TPSA) is 151 Å². The molecule has 0 aliphatic heterocycles.